The van der Waals surface area contributed by atoms with Crippen molar-refractivity contribution >= 4 is 11.6 Å². The molecule has 4 rings (SSSR count). The highest BCUT2D eigenvalue weighted by Crippen LogP contribution is 2.28. The van der Waals surface area contributed by atoms with Gasteiger partial charge in [0, 0.05) is 37.7 Å². The molecule has 0 spiro atoms. The van der Waals surface area contributed by atoms with Gasteiger partial charge in [-0.1, -0.05) is 20.8 Å². The van der Waals surface area contributed by atoms with Crippen LogP contribution in [-0.2, 0) is 12.5 Å². The molecule has 1 amide bonds. The van der Waals surface area contributed by atoms with E-state index in [4.69, 9.17) is 5.10 Å². The molecule has 0 N–H and O–H groups in total. The number of aromatic nitrogens is 5. The Morgan fingerprint density at radius 2 is 1.83 bits per heavy atom. The van der Waals surface area contributed by atoms with E-state index in [-0.39, 0.29) is 28.4 Å². The summed E-state index contributed by atoms with van der Waals surface area (Å²) in [7, 11) is 1.65. The number of pyridine rings is 1. The van der Waals surface area contributed by atoms with Crippen molar-refractivity contribution in [3.63, 3.8) is 0 Å². The van der Waals surface area contributed by atoms with Crippen molar-refractivity contribution < 1.29 is 4.79 Å². The maximum Gasteiger partial charge on any atom is 0.263 e. The molecular formula is C21H26N6O2. The molecule has 0 radical (unpaired) electrons. The fraction of sp³-hybridized carbons (Fsp3) is 0.476. The van der Waals surface area contributed by atoms with E-state index in [0.29, 0.717) is 13.1 Å². The van der Waals surface area contributed by atoms with Crippen molar-refractivity contribution in [3.8, 4) is 0 Å². The number of piperidine rings is 1. The second-order valence-electron chi connectivity index (χ2n) is 8.70. The van der Waals surface area contributed by atoms with E-state index in [1.807, 2.05) is 16.6 Å². The molecule has 0 aliphatic carbocycles. The SMILES string of the molecule is Cn1cccc(C(=O)N2CCC(c3nnc4ccc(C(C)(C)C)nn34)CC2)c1=O. The van der Waals surface area contributed by atoms with Crippen LogP contribution in [0.2, 0.25) is 0 Å². The summed E-state index contributed by atoms with van der Waals surface area (Å²) in [5.41, 5.74) is 1.62. The standard InChI is InChI=1S/C21H26N6O2/c1-21(2,3)16-7-8-17-22-23-18(27(17)24-16)14-9-12-26(13-10-14)20(29)15-6-5-11-25(4)19(15)28/h5-8,11,14H,9-10,12-13H2,1-4H3. The van der Waals surface area contributed by atoms with Crippen molar-refractivity contribution in [2.24, 2.45) is 7.05 Å². The fourth-order valence-electron chi connectivity index (χ4n) is 3.73. The van der Waals surface area contributed by atoms with E-state index in [0.717, 1.165) is 30.0 Å². The number of fused-ring (bicyclic) bond motifs is 1. The normalized spacial score (nSPS) is 15.8. The Kier molecular flexibility index (Phi) is 4.72. The zero-order chi connectivity index (χ0) is 20.8. The molecule has 4 heterocycles. The summed E-state index contributed by atoms with van der Waals surface area (Å²) < 4.78 is 3.27. The summed E-state index contributed by atoms with van der Waals surface area (Å²) in [4.78, 5) is 26.8. The predicted molar refractivity (Wildman–Crippen MR) is 109 cm³/mol. The first kappa shape index (κ1) is 19.3. The third-order valence-electron chi connectivity index (χ3n) is 5.56. The average molecular weight is 394 g/mol. The van der Waals surface area contributed by atoms with Gasteiger partial charge in [-0.3, -0.25) is 9.59 Å². The highest BCUT2D eigenvalue weighted by molar-refractivity contribution is 5.93. The van der Waals surface area contributed by atoms with Crippen molar-refractivity contribution in [2.45, 2.75) is 44.9 Å². The number of aryl methyl sites for hydroxylation is 1. The number of hydrogen-bond acceptors (Lipinski definition) is 5. The molecule has 0 atom stereocenters. The minimum absolute atomic E-state index is 0.0621. The second kappa shape index (κ2) is 7.09. The lowest BCUT2D eigenvalue weighted by molar-refractivity contribution is 0.0708. The van der Waals surface area contributed by atoms with Gasteiger partial charge < -0.3 is 9.47 Å². The molecule has 0 unspecified atom stereocenters. The molecule has 3 aromatic heterocycles. The zero-order valence-corrected chi connectivity index (χ0v) is 17.3. The van der Waals surface area contributed by atoms with Crippen LogP contribution < -0.4 is 5.56 Å². The van der Waals surface area contributed by atoms with E-state index in [1.165, 1.54) is 4.57 Å². The first-order valence-corrected chi connectivity index (χ1v) is 9.93. The van der Waals surface area contributed by atoms with Gasteiger partial charge in [-0.15, -0.1) is 10.2 Å². The van der Waals surface area contributed by atoms with Gasteiger partial charge in [0.05, 0.1) is 5.69 Å². The van der Waals surface area contributed by atoms with Crippen LogP contribution in [0.1, 0.15) is 61.4 Å². The largest absolute Gasteiger partial charge is 0.338 e. The maximum absolute atomic E-state index is 12.8. The van der Waals surface area contributed by atoms with Crippen LogP contribution >= 0.6 is 0 Å². The summed E-state index contributed by atoms with van der Waals surface area (Å²) >= 11 is 0. The Bertz CT molecular complexity index is 1120. The Morgan fingerprint density at radius 3 is 2.52 bits per heavy atom. The third kappa shape index (κ3) is 3.54. The number of hydrogen-bond donors (Lipinski definition) is 0. The van der Waals surface area contributed by atoms with Crippen LogP contribution in [0.15, 0.2) is 35.3 Å². The number of amides is 1. The molecule has 0 aromatic carbocycles. The highest BCUT2D eigenvalue weighted by Gasteiger charge is 2.29. The maximum atomic E-state index is 12.8. The molecule has 0 bridgehead atoms. The lowest BCUT2D eigenvalue weighted by atomic mass is 9.92. The van der Waals surface area contributed by atoms with E-state index < -0.39 is 0 Å². The van der Waals surface area contributed by atoms with Gasteiger partial charge in [-0.25, -0.2) is 0 Å². The lowest BCUT2D eigenvalue weighted by Gasteiger charge is -2.31. The number of likely N-dealkylation sites (tertiary alicyclic amines) is 1. The van der Waals surface area contributed by atoms with E-state index in [1.54, 1.807) is 30.3 Å². The summed E-state index contributed by atoms with van der Waals surface area (Å²) in [6, 6.07) is 7.27. The average Bonchev–Trinajstić information content (AvgIpc) is 3.12. The Balaban J connectivity index is 1.53. The van der Waals surface area contributed by atoms with Gasteiger partial charge in [-0.2, -0.15) is 9.61 Å². The molecule has 8 nitrogen and oxygen atoms in total. The molecule has 1 saturated heterocycles. The third-order valence-corrected chi connectivity index (χ3v) is 5.56. The number of carbonyl (C=O) groups is 1. The Labute approximate surface area is 169 Å². The van der Waals surface area contributed by atoms with Crippen molar-refractivity contribution in [2.75, 3.05) is 13.1 Å². The smallest absolute Gasteiger partial charge is 0.263 e. The van der Waals surface area contributed by atoms with E-state index in [9.17, 15) is 9.59 Å². The highest BCUT2D eigenvalue weighted by atomic mass is 16.2. The first-order chi connectivity index (χ1) is 13.8. The molecule has 29 heavy (non-hydrogen) atoms. The predicted octanol–water partition coefficient (Wildman–Crippen LogP) is 2.14. The topological polar surface area (TPSA) is 85.4 Å². The van der Waals surface area contributed by atoms with Gasteiger partial charge in [0.2, 0.25) is 0 Å². The van der Waals surface area contributed by atoms with E-state index in [2.05, 4.69) is 31.0 Å². The number of rotatable bonds is 2. The molecule has 1 aliphatic rings. The van der Waals surface area contributed by atoms with Crippen LogP contribution in [0.25, 0.3) is 5.65 Å². The van der Waals surface area contributed by atoms with Crippen LogP contribution in [0.5, 0.6) is 0 Å². The Morgan fingerprint density at radius 1 is 1.10 bits per heavy atom. The summed E-state index contributed by atoms with van der Waals surface area (Å²) in [5.74, 6) is 0.813. The van der Waals surface area contributed by atoms with Crippen molar-refractivity contribution in [1.29, 1.82) is 0 Å². The first-order valence-electron chi connectivity index (χ1n) is 9.93. The zero-order valence-electron chi connectivity index (χ0n) is 17.3. The molecule has 0 saturated carbocycles. The quantitative estimate of drug-likeness (QED) is 0.665. The fourth-order valence-corrected chi connectivity index (χ4v) is 3.73. The molecule has 3 aromatic rings. The van der Waals surface area contributed by atoms with Gasteiger partial charge in [0.15, 0.2) is 11.5 Å². The van der Waals surface area contributed by atoms with Gasteiger partial charge >= 0.3 is 0 Å². The van der Waals surface area contributed by atoms with Gasteiger partial charge in [0.1, 0.15) is 5.56 Å². The van der Waals surface area contributed by atoms with Crippen LogP contribution in [0.3, 0.4) is 0 Å². The number of carbonyl (C=O) groups excluding carboxylic acids is 1. The summed E-state index contributed by atoms with van der Waals surface area (Å²) in [6.45, 7) is 7.54. The Hall–Kier alpha value is -3.03. The number of nitrogens with zero attached hydrogens (tertiary/aromatic N) is 6. The lowest BCUT2D eigenvalue weighted by Crippen LogP contribution is -2.41. The van der Waals surface area contributed by atoms with Gasteiger partial charge in [0.25, 0.3) is 11.5 Å². The summed E-state index contributed by atoms with van der Waals surface area (Å²) in [5, 5.41) is 13.4. The molecule has 8 heteroatoms. The minimum atomic E-state index is -0.262. The van der Waals surface area contributed by atoms with Crippen LogP contribution in [-0.4, -0.2) is 48.3 Å². The van der Waals surface area contributed by atoms with E-state index >= 15 is 0 Å². The second-order valence-corrected chi connectivity index (χ2v) is 8.70. The van der Waals surface area contributed by atoms with Crippen LogP contribution in [0, 0.1) is 0 Å². The molecular weight excluding hydrogens is 368 g/mol. The molecule has 1 fully saturated rings. The minimum Gasteiger partial charge on any atom is -0.338 e. The summed E-state index contributed by atoms with van der Waals surface area (Å²) in [6.07, 6.45) is 3.18. The van der Waals surface area contributed by atoms with Crippen molar-refractivity contribution in [3.05, 3.63) is 57.9 Å². The molecule has 152 valence electrons. The monoisotopic (exact) mass is 394 g/mol. The van der Waals surface area contributed by atoms with Crippen molar-refractivity contribution in [1.82, 2.24) is 29.3 Å². The van der Waals surface area contributed by atoms with Gasteiger partial charge in [-0.05, 0) is 37.1 Å². The van der Waals surface area contributed by atoms with Crippen LogP contribution in [0.4, 0.5) is 0 Å². The molecule has 1 aliphatic heterocycles.